The summed E-state index contributed by atoms with van der Waals surface area (Å²) in [5.41, 5.74) is 0. The summed E-state index contributed by atoms with van der Waals surface area (Å²) in [6.07, 6.45) is 1.70. The number of furan rings is 1. The van der Waals surface area contributed by atoms with Crippen molar-refractivity contribution in [3.05, 3.63) is 23.7 Å². The second kappa shape index (κ2) is 6.05. The number of hydrogen-bond acceptors (Lipinski definition) is 4. The molecular weight excluding hydrogens is 214 g/mol. The van der Waals surface area contributed by atoms with Gasteiger partial charge in [-0.2, -0.15) is 0 Å². The van der Waals surface area contributed by atoms with Gasteiger partial charge in [0.05, 0.1) is 6.54 Å². The summed E-state index contributed by atoms with van der Waals surface area (Å²) in [6, 6.07) is 3.57. The number of rotatable bonds is 6. The van der Waals surface area contributed by atoms with Crippen molar-refractivity contribution < 1.29 is 13.7 Å². The first-order valence-electron chi connectivity index (χ1n) is 4.85. The van der Waals surface area contributed by atoms with Gasteiger partial charge in [0, 0.05) is 28.9 Å². The Bertz CT molecular complexity index is 324. The molecule has 0 aromatic carbocycles. The molecule has 4 nitrogen and oxygen atoms in total. The first kappa shape index (κ1) is 12.4. The molecule has 1 rings (SSSR count). The molecule has 5 heteroatoms. The maximum Gasteiger partial charge on any atom is 0.129 e. The molecule has 1 aromatic heterocycles. The Labute approximate surface area is 92.1 Å². The smallest absolute Gasteiger partial charge is 0.129 e. The number of aliphatic hydroxyl groups excluding tert-OH is 1. The largest absolute Gasteiger partial charge is 0.462 e. The number of hydrogen-bond donors (Lipinski definition) is 2. The van der Waals surface area contributed by atoms with Crippen LogP contribution < -0.4 is 5.32 Å². The van der Waals surface area contributed by atoms with Crippen LogP contribution >= 0.6 is 0 Å². The van der Waals surface area contributed by atoms with E-state index in [4.69, 9.17) is 9.52 Å². The molecule has 0 saturated heterocycles. The van der Waals surface area contributed by atoms with Crippen LogP contribution in [0.1, 0.15) is 18.4 Å². The highest BCUT2D eigenvalue weighted by atomic mass is 32.2. The summed E-state index contributed by atoms with van der Waals surface area (Å²) in [7, 11) is -0.798. The average Bonchev–Trinajstić information content (AvgIpc) is 2.65. The molecule has 0 radical (unpaired) electrons. The van der Waals surface area contributed by atoms with E-state index in [1.165, 1.54) is 0 Å². The molecule has 0 aliphatic heterocycles. The van der Waals surface area contributed by atoms with E-state index < -0.39 is 10.8 Å². The topological polar surface area (TPSA) is 62.5 Å². The minimum atomic E-state index is -0.798. The standard InChI is InChI=1S/C10H17NO3S/c1-8(15(2)13)5-11-6-9-3-4-10(7-12)14-9/h3-4,8,11-12H,5-7H2,1-2H3. The fourth-order valence-electron chi connectivity index (χ4n) is 1.12. The van der Waals surface area contributed by atoms with Crippen molar-refractivity contribution in [3.8, 4) is 0 Å². The molecular formula is C10H17NO3S. The summed E-state index contributed by atoms with van der Waals surface area (Å²) in [4.78, 5) is 0. The van der Waals surface area contributed by atoms with E-state index in [0.29, 0.717) is 18.8 Å². The van der Waals surface area contributed by atoms with Crippen LogP contribution in [0, 0.1) is 0 Å². The van der Waals surface area contributed by atoms with Gasteiger partial charge in [-0.25, -0.2) is 0 Å². The SMILES string of the molecule is CC(CNCc1ccc(CO)o1)S(C)=O. The molecule has 2 N–H and O–H groups in total. The van der Waals surface area contributed by atoms with E-state index in [9.17, 15) is 4.21 Å². The molecule has 1 aromatic rings. The molecule has 0 amide bonds. The van der Waals surface area contributed by atoms with Gasteiger partial charge in [0.2, 0.25) is 0 Å². The molecule has 0 fully saturated rings. The zero-order valence-electron chi connectivity index (χ0n) is 9.03. The van der Waals surface area contributed by atoms with Crippen LogP contribution in [-0.2, 0) is 24.0 Å². The zero-order valence-corrected chi connectivity index (χ0v) is 9.84. The van der Waals surface area contributed by atoms with Crippen LogP contribution in [0.2, 0.25) is 0 Å². The summed E-state index contributed by atoms with van der Waals surface area (Å²) in [6.45, 7) is 3.15. The van der Waals surface area contributed by atoms with Gasteiger partial charge in [-0.3, -0.25) is 4.21 Å². The van der Waals surface area contributed by atoms with Crippen molar-refractivity contribution in [2.24, 2.45) is 0 Å². The minimum absolute atomic E-state index is 0.0740. The van der Waals surface area contributed by atoms with E-state index in [-0.39, 0.29) is 11.9 Å². The first-order valence-corrected chi connectivity index (χ1v) is 6.47. The number of aliphatic hydroxyl groups is 1. The summed E-state index contributed by atoms with van der Waals surface area (Å²) < 4.78 is 16.3. The van der Waals surface area contributed by atoms with Crippen molar-refractivity contribution >= 4 is 10.8 Å². The molecule has 86 valence electrons. The normalized spacial score (nSPS) is 15.1. The highest BCUT2D eigenvalue weighted by molar-refractivity contribution is 7.84. The molecule has 15 heavy (non-hydrogen) atoms. The van der Waals surface area contributed by atoms with E-state index >= 15 is 0 Å². The van der Waals surface area contributed by atoms with Crippen LogP contribution in [0.3, 0.4) is 0 Å². The number of nitrogens with one attached hydrogen (secondary N) is 1. The second-order valence-electron chi connectivity index (χ2n) is 3.47. The minimum Gasteiger partial charge on any atom is -0.462 e. The lowest BCUT2D eigenvalue weighted by atomic mass is 10.4. The lowest BCUT2D eigenvalue weighted by molar-refractivity contribution is 0.243. The van der Waals surface area contributed by atoms with Gasteiger partial charge in [0.25, 0.3) is 0 Å². The quantitative estimate of drug-likeness (QED) is 0.754. The van der Waals surface area contributed by atoms with Gasteiger partial charge in [0.15, 0.2) is 0 Å². The Kier molecular flexibility index (Phi) is 5.01. The summed E-state index contributed by atoms with van der Waals surface area (Å²) >= 11 is 0. The van der Waals surface area contributed by atoms with Gasteiger partial charge in [0.1, 0.15) is 18.1 Å². The summed E-state index contributed by atoms with van der Waals surface area (Å²) in [5, 5.41) is 12.1. The fourth-order valence-corrected chi connectivity index (χ4v) is 1.47. The van der Waals surface area contributed by atoms with Gasteiger partial charge < -0.3 is 14.8 Å². The van der Waals surface area contributed by atoms with Crippen LogP contribution in [0.4, 0.5) is 0 Å². The Hall–Kier alpha value is -0.650. The second-order valence-corrected chi connectivity index (χ2v) is 5.27. The Morgan fingerprint density at radius 2 is 2.20 bits per heavy atom. The van der Waals surface area contributed by atoms with Crippen LogP contribution in [0.15, 0.2) is 16.5 Å². The lowest BCUT2D eigenvalue weighted by Crippen LogP contribution is -2.26. The van der Waals surface area contributed by atoms with Crippen LogP contribution in [-0.4, -0.2) is 27.4 Å². The van der Waals surface area contributed by atoms with E-state index in [2.05, 4.69) is 5.32 Å². The van der Waals surface area contributed by atoms with Gasteiger partial charge in [-0.05, 0) is 19.1 Å². The molecule has 0 saturated carbocycles. The van der Waals surface area contributed by atoms with E-state index in [1.54, 1.807) is 12.3 Å². The van der Waals surface area contributed by atoms with Crippen molar-refractivity contribution in [1.29, 1.82) is 0 Å². The zero-order chi connectivity index (χ0) is 11.3. The molecule has 2 unspecified atom stereocenters. The Morgan fingerprint density at radius 1 is 1.53 bits per heavy atom. The predicted molar refractivity (Wildman–Crippen MR) is 59.9 cm³/mol. The van der Waals surface area contributed by atoms with Crippen LogP contribution in [0.5, 0.6) is 0 Å². The lowest BCUT2D eigenvalue weighted by Gasteiger charge is -2.08. The molecule has 0 aliphatic rings. The molecule has 0 spiro atoms. The molecule has 1 heterocycles. The van der Waals surface area contributed by atoms with Crippen molar-refractivity contribution in [2.75, 3.05) is 12.8 Å². The highest BCUT2D eigenvalue weighted by Gasteiger charge is 2.06. The predicted octanol–water partition coefficient (Wildman–Crippen LogP) is 0.629. The third-order valence-corrected chi connectivity index (χ3v) is 3.47. The van der Waals surface area contributed by atoms with Gasteiger partial charge >= 0.3 is 0 Å². The third kappa shape index (κ3) is 4.15. The van der Waals surface area contributed by atoms with Crippen molar-refractivity contribution in [1.82, 2.24) is 5.32 Å². The first-order chi connectivity index (χ1) is 7.13. The third-order valence-electron chi connectivity index (χ3n) is 2.17. The maximum absolute atomic E-state index is 11.1. The van der Waals surface area contributed by atoms with E-state index in [1.807, 2.05) is 13.0 Å². The fraction of sp³-hybridized carbons (Fsp3) is 0.600. The Balaban J connectivity index is 2.28. The average molecular weight is 231 g/mol. The molecule has 0 aliphatic carbocycles. The highest BCUT2D eigenvalue weighted by Crippen LogP contribution is 2.07. The maximum atomic E-state index is 11.1. The van der Waals surface area contributed by atoms with Gasteiger partial charge in [-0.15, -0.1) is 0 Å². The monoisotopic (exact) mass is 231 g/mol. The van der Waals surface area contributed by atoms with Crippen LogP contribution in [0.25, 0.3) is 0 Å². The summed E-state index contributed by atoms with van der Waals surface area (Å²) in [5.74, 6) is 1.35. The van der Waals surface area contributed by atoms with Crippen molar-refractivity contribution in [2.45, 2.75) is 25.3 Å². The molecule has 0 bridgehead atoms. The Morgan fingerprint density at radius 3 is 2.73 bits per heavy atom. The van der Waals surface area contributed by atoms with Crippen molar-refractivity contribution in [3.63, 3.8) is 0 Å². The molecule has 2 atom stereocenters. The van der Waals surface area contributed by atoms with Gasteiger partial charge in [-0.1, -0.05) is 0 Å². The van der Waals surface area contributed by atoms with E-state index in [0.717, 1.165) is 5.76 Å².